The van der Waals surface area contributed by atoms with Gasteiger partial charge in [0.15, 0.2) is 0 Å². The summed E-state index contributed by atoms with van der Waals surface area (Å²) >= 11 is 3.57. The van der Waals surface area contributed by atoms with E-state index in [1.54, 1.807) is 0 Å². The molecule has 1 nitrogen and oxygen atoms in total. The molecule has 0 aliphatic heterocycles. The first-order valence-corrected chi connectivity index (χ1v) is 14.7. The third-order valence-electron chi connectivity index (χ3n) is 3.95. The molecule has 0 aliphatic rings. The maximum absolute atomic E-state index is 6.65. The van der Waals surface area contributed by atoms with Crippen molar-refractivity contribution in [1.82, 2.24) is 0 Å². The van der Waals surface area contributed by atoms with E-state index in [0.29, 0.717) is 0 Å². The number of rotatable bonds is 8. The van der Waals surface area contributed by atoms with Crippen molar-refractivity contribution < 1.29 is 3.07 Å². The standard InChI is InChI=1S/C10H10ClO.3C2H5.Sn/c1-2-3-10(12)8-4-6-9(11)7-5-8;3*1-2;/h2,4-7,10H,1,3H2;3*1H2,2H3;/q-1;;;;+1. The second kappa shape index (κ2) is 8.33. The van der Waals surface area contributed by atoms with Crippen LogP contribution >= 0.6 is 11.6 Å². The zero-order valence-electron chi connectivity index (χ0n) is 12.3. The molecule has 0 N–H and O–H groups in total. The van der Waals surface area contributed by atoms with E-state index in [4.69, 9.17) is 14.7 Å². The number of hydrogen-bond donors (Lipinski definition) is 0. The first-order valence-electron chi connectivity index (χ1n) is 7.15. The molecule has 0 radical (unpaired) electrons. The molecule has 0 spiro atoms. The third kappa shape index (κ3) is 4.80. The molecule has 0 bridgehead atoms. The molecule has 0 aromatic heterocycles. The number of halogens is 1. The molecule has 1 aromatic carbocycles. The normalized spacial score (nSPS) is 13.3. The zero-order chi connectivity index (χ0) is 14.3. The molecule has 1 atom stereocenters. The van der Waals surface area contributed by atoms with Crippen LogP contribution in [0.25, 0.3) is 0 Å². The van der Waals surface area contributed by atoms with Crippen LogP contribution in [0.1, 0.15) is 38.9 Å². The van der Waals surface area contributed by atoms with E-state index in [1.165, 1.54) is 18.9 Å². The SMILES string of the molecule is C=CCC([O][Sn]([CH2]C)([CH2]C)[CH2]C)c1ccc(Cl)cc1. The Morgan fingerprint density at radius 3 is 2.11 bits per heavy atom. The molecule has 0 amide bonds. The van der Waals surface area contributed by atoms with Gasteiger partial charge in [0, 0.05) is 0 Å². The van der Waals surface area contributed by atoms with Crippen molar-refractivity contribution in [3.8, 4) is 0 Å². The van der Waals surface area contributed by atoms with Gasteiger partial charge in [0.1, 0.15) is 0 Å². The second-order valence-corrected chi connectivity index (χ2v) is 18.8. The molecular weight excluding hydrogens is 362 g/mol. The fraction of sp³-hybridized carbons (Fsp3) is 0.500. The van der Waals surface area contributed by atoms with Crippen LogP contribution in [0.2, 0.25) is 18.3 Å². The van der Waals surface area contributed by atoms with Gasteiger partial charge >= 0.3 is 128 Å². The van der Waals surface area contributed by atoms with E-state index < -0.39 is 18.8 Å². The van der Waals surface area contributed by atoms with Crippen LogP contribution in [0, 0.1) is 0 Å². The molecular formula is C16H25ClOSn. The predicted molar refractivity (Wildman–Crippen MR) is 87.3 cm³/mol. The van der Waals surface area contributed by atoms with Gasteiger partial charge in [0.05, 0.1) is 0 Å². The molecule has 0 aliphatic carbocycles. The molecule has 1 aromatic rings. The molecule has 0 heterocycles. The minimum absolute atomic E-state index is 0.158. The van der Waals surface area contributed by atoms with Gasteiger partial charge in [-0.3, -0.25) is 0 Å². The Morgan fingerprint density at radius 2 is 1.68 bits per heavy atom. The molecule has 0 fully saturated rings. The van der Waals surface area contributed by atoms with Crippen molar-refractivity contribution in [3.05, 3.63) is 47.5 Å². The minimum atomic E-state index is -2.39. The van der Waals surface area contributed by atoms with Crippen LogP contribution in [0.4, 0.5) is 0 Å². The van der Waals surface area contributed by atoms with Crippen LogP contribution in [-0.2, 0) is 3.07 Å². The monoisotopic (exact) mass is 388 g/mol. The molecule has 19 heavy (non-hydrogen) atoms. The third-order valence-corrected chi connectivity index (χ3v) is 17.5. The molecule has 106 valence electrons. The van der Waals surface area contributed by atoms with Gasteiger partial charge in [0.2, 0.25) is 0 Å². The summed E-state index contributed by atoms with van der Waals surface area (Å²) in [5.41, 5.74) is 1.22. The van der Waals surface area contributed by atoms with Gasteiger partial charge in [-0.25, -0.2) is 0 Å². The molecule has 1 rings (SSSR count). The Kier molecular flexibility index (Phi) is 7.48. The van der Waals surface area contributed by atoms with Crippen LogP contribution in [-0.4, -0.2) is 18.8 Å². The summed E-state index contributed by atoms with van der Waals surface area (Å²) in [4.78, 5) is 0. The van der Waals surface area contributed by atoms with Gasteiger partial charge in [0.25, 0.3) is 0 Å². The maximum atomic E-state index is 6.65. The van der Waals surface area contributed by atoms with Gasteiger partial charge < -0.3 is 0 Å². The van der Waals surface area contributed by atoms with Crippen LogP contribution in [0.5, 0.6) is 0 Å². The Balaban J connectivity index is 2.94. The average Bonchev–Trinajstić information content (AvgIpc) is 2.45. The van der Waals surface area contributed by atoms with E-state index in [9.17, 15) is 0 Å². The Hall–Kier alpha value is 0.00870. The number of benzene rings is 1. The van der Waals surface area contributed by atoms with Crippen molar-refractivity contribution in [3.63, 3.8) is 0 Å². The van der Waals surface area contributed by atoms with Gasteiger partial charge in [-0.15, -0.1) is 0 Å². The molecule has 1 unspecified atom stereocenters. The van der Waals surface area contributed by atoms with E-state index in [0.717, 1.165) is 11.4 Å². The summed E-state index contributed by atoms with van der Waals surface area (Å²) in [6.07, 6.45) is 2.99. The van der Waals surface area contributed by atoms with E-state index in [2.05, 4.69) is 39.5 Å². The summed E-state index contributed by atoms with van der Waals surface area (Å²) < 4.78 is 10.4. The van der Waals surface area contributed by atoms with Crippen molar-refractivity contribution in [2.75, 3.05) is 0 Å². The average molecular weight is 388 g/mol. The molecule has 3 heteroatoms. The summed E-state index contributed by atoms with van der Waals surface area (Å²) in [6, 6.07) is 8.04. The van der Waals surface area contributed by atoms with Crippen LogP contribution < -0.4 is 0 Å². The Morgan fingerprint density at radius 1 is 1.16 bits per heavy atom. The Labute approximate surface area is 127 Å². The van der Waals surface area contributed by atoms with Crippen molar-refractivity contribution in [2.45, 2.75) is 46.6 Å². The molecule has 0 saturated carbocycles. The second-order valence-electron chi connectivity index (χ2n) is 4.93. The summed E-state index contributed by atoms with van der Waals surface area (Å²) in [6.45, 7) is 10.7. The fourth-order valence-corrected chi connectivity index (χ4v) is 10.6. The van der Waals surface area contributed by atoms with Crippen LogP contribution in [0.15, 0.2) is 36.9 Å². The summed E-state index contributed by atoms with van der Waals surface area (Å²) in [5, 5.41) is 0.775. The van der Waals surface area contributed by atoms with Gasteiger partial charge in [-0.2, -0.15) is 0 Å². The van der Waals surface area contributed by atoms with Crippen molar-refractivity contribution >= 4 is 30.4 Å². The van der Waals surface area contributed by atoms with E-state index in [-0.39, 0.29) is 6.10 Å². The first-order chi connectivity index (χ1) is 9.10. The van der Waals surface area contributed by atoms with Gasteiger partial charge in [-0.1, -0.05) is 0 Å². The predicted octanol–water partition coefficient (Wildman–Crippen LogP) is 5.98. The zero-order valence-corrected chi connectivity index (χ0v) is 15.9. The fourth-order valence-electron chi connectivity index (χ4n) is 2.38. The van der Waals surface area contributed by atoms with Gasteiger partial charge in [-0.05, 0) is 0 Å². The van der Waals surface area contributed by atoms with Crippen LogP contribution in [0.3, 0.4) is 0 Å². The topological polar surface area (TPSA) is 9.23 Å². The van der Waals surface area contributed by atoms with Crippen molar-refractivity contribution in [2.24, 2.45) is 0 Å². The summed E-state index contributed by atoms with van der Waals surface area (Å²) in [7, 11) is 0. The Bertz CT molecular complexity index is 376. The van der Waals surface area contributed by atoms with E-state index in [1.807, 2.05) is 18.2 Å². The first kappa shape index (κ1) is 17.1. The quantitative estimate of drug-likeness (QED) is 0.394. The van der Waals surface area contributed by atoms with E-state index >= 15 is 0 Å². The number of hydrogen-bond acceptors (Lipinski definition) is 1. The van der Waals surface area contributed by atoms with Crippen molar-refractivity contribution in [1.29, 1.82) is 0 Å². The molecule has 0 saturated heterocycles. The summed E-state index contributed by atoms with van der Waals surface area (Å²) in [5.74, 6) is 0.